The minimum absolute atomic E-state index is 0.254. The summed E-state index contributed by atoms with van der Waals surface area (Å²) < 4.78 is 9.97. The first-order valence-electron chi connectivity index (χ1n) is 6.29. The molecule has 1 N–H and O–H groups in total. The molecule has 0 unspecified atom stereocenters. The number of nitriles is 1. The number of rotatable bonds is 5. The van der Waals surface area contributed by atoms with Gasteiger partial charge in [-0.2, -0.15) is 4.99 Å². The van der Waals surface area contributed by atoms with Crippen molar-refractivity contribution in [1.82, 2.24) is 0 Å². The molecule has 0 aromatic heterocycles. The Labute approximate surface area is 126 Å². The maximum Gasteiger partial charge on any atom is 0.292 e. The molecule has 0 heterocycles. The highest BCUT2D eigenvalue weighted by Crippen LogP contribution is 2.34. The zero-order valence-electron chi connectivity index (χ0n) is 11.7. The van der Waals surface area contributed by atoms with Gasteiger partial charge in [0.15, 0.2) is 0 Å². The second-order valence-corrected chi connectivity index (χ2v) is 4.26. The number of ether oxygens (including phenoxy) is 2. The van der Waals surface area contributed by atoms with Crippen LogP contribution in [-0.4, -0.2) is 18.3 Å². The van der Waals surface area contributed by atoms with Gasteiger partial charge >= 0.3 is 0 Å². The third-order valence-electron chi connectivity index (χ3n) is 3.07. The Kier molecular flexibility index (Phi) is 4.89. The summed E-state index contributed by atoms with van der Waals surface area (Å²) >= 11 is 0. The van der Waals surface area contributed by atoms with Gasteiger partial charge in [-0.05, 0) is 35.4 Å². The van der Waals surface area contributed by atoms with Crippen molar-refractivity contribution in [2.24, 2.45) is 4.99 Å². The average Bonchev–Trinajstić information content (AvgIpc) is 2.56. The standard InChI is InChI=1S/C16H12N2O4/c1-21-16-7-12(2-4-14(16)18-10-20)11-3-5-15(22-9-17)13(6-11)8-19/h2-7,19H,8H2,1H3. The van der Waals surface area contributed by atoms with Crippen LogP contribution in [0.3, 0.4) is 0 Å². The summed E-state index contributed by atoms with van der Waals surface area (Å²) in [6, 6.07) is 10.2. The Hall–Kier alpha value is -3.13. The third-order valence-corrected chi connectivity index (χ3v) is 3.07. The molecule has 0 saturated heterocycles. The van der Waals surface area contributed by atoms with Gasteiger partial charge in [0.05, 0.1) is 13.7 Å². The zero-order chi connectivity index (χ0) is 15.9. The SMILES string of the molecule is COc1cc(-c2ccc(OC#N)c(CO)c2)ccc1N=C=O. The van der Waals surface area contributed by atoms with E-state index in [0.29, 0.717) is 22.7 Å². The lowest BCUT2D eigenvalue weighted by Crippen LogP contribution is -1.92. The maximum absolute atomic E-state index is 10.4. The van der Waals surface area contributed by atoms with Gasteiger partial charge in [-0.15, -0.1) is 5.26 Å². The molecule has 0 aliphatic heterocycles. The molecule has 0 saturated carbocycles. The van der Waals surface area contributed by atoms with Crippen molar-refractivity contribution in [3.63, 3.8) is 0 Å². The Balaban J connectivity index is 2.48. The molecule has 6 nitrogen and oxygen atoms in total. The molecule has 110 valence electrons. The van der Waals surface area contributed by atoms with Crippen LogP contribution in [0.5, 0.6) is 11.5 Å². The summed E-state index contributed by atoms with van der Waals surface area (Å²) in [6.45, 7) is -0.254. The predicted molar refractivity (Wildman–Crippen MR) is 78.4 cm³/mol. The van der Waals surface area contributed by atoms with Gasteiger partial charge in [-0.25, -0.2) is 4.79 Å². The molecule has 0 bridgehead atoms. The number of nitrogens with zero attached hydrogens (tertiary/aromatic N) is 2. The number of hydrogen-bond donors (Lipinski definition) is 1. The lowest BCUT2D eigenvalue weighted by atomic mass is 10.0. The molecule has 0 radical (unpaired) electrons. The van der Waals surface area contributed by atoms with Crippen molar-refractivity contribution in [1.29, 1.82) is 5.26 Å². The highest BCUT2D eigenvalue weighted by atomic mass is 16.5. The molecule has 2 aromatic carbocycles. The van der Waals surface area contributed by atoms with Gasteiger partial charge in [-0.3, -0.25) is 0 Å². The third kappa shape index (κ3) is 3.13. The largest absolute Gasteiger partial charge is 0.494 e. The van der Waals surface area contributed by atoms with Crippen molar-refractivity contribution in [2.45, 2.75) is 6.61 Å². The molecule has 0 atom stereocenters. The van der Waals surface area contributed by atoms with Gasteiger partial charge in [-0.1, -0.05) is 12.1 Å². The molecule has 0 spiro atoms. The number of benzene rings is 2. The van der Waals surface area contributed by atoms with Crippen LogP contribution < -0.4 is 9.47 Å². The quantitative estimate of drug-likeness (QED) is 0.520. The first-order valence-corrected chi connectivity index (χ1v) is 6.29. The molecule has 22 heavy (non-hydrogen) atoms. The Bertz CT molecular complexity index is 774. The molecule has 0 aliphatic rings. The summed E-state index contributed by atoms with van der Waals surface area (Å²) in [5.41, 5.74) is 2.48. The van der Waals surface area contributed by atoms with Gasteiger partial charge in [0.1, 0.15) is 17.2 Å². The molecular weight excluding hydrogens is 284 g/mol. The Morgan fingerprint density at radius 3 is 2.55 bits per heavy atom. The fourth-order valence-electron chi connectivity index (χ4n) is 2.03. The topological polar surface area (TPSA) is 91.9 Å². The summed E-state index contributed by atoms with van der Waals surface area (Å²) in [4.78, 5) is 13.9. The van der Waals surface area contributed by atoms with E-state index in [1.54, 1.807) is 42.7 Å². The van der Waals surface area contributed by atoms with Crippen LogP contribution in [0.25, 0.3) is 11.1 Å². The van der Waals surface area contributed by atoms with Crippen LogP contribution in [0.2, 0.25) is 0 Å². The monoisotopic (exact) mass is 296 g/mol. The second-order valence-electron chi connectivity index (χ2n) is 4.26. The van der Waals surface area contributed by atoms with Crippen LogP contribution >= 0.6 is 0 Å². The summed E-state index contributed by atoms with van der Waals surface area (Å²) in [6.07, 6.45) is 3.05. The van der Waals surface area contributed by atoms with Crippen molar-refractivity contribution in [3.8, 4) is 28.9 Å². The number of aliphatic hydroxyl groups is 1. The van der Waals surface area contributed by atoms with Crippen molar-refractivity contribution in [2.75, 3.05) is 7.11 Å². The average molecular weight is 296 g/mol. The van der Waals surface area contributed by atoms with E-state index in [9.17, 15) is 9.90 Å². The van der Waals surface area contributed by atoms with Crippen LogP contribution in [0.1, 0.15) is 5.56 Å². The van der Waals surface area contributed by atoms with Gasteiger partial charge in [0.25, 0.3) is 6.26 Å². The summed E-state index contributed by atoms with van der Waals surface area (Å²) in [7, 11) is 1.48. The first kappa shape index (κ1) is 15.3. The van der Waals surface area contributed by atoms with Crippen LogP contribution in [0, 0.1) is 11.5 Å². The van der Waals surface area contributed by atoms with Gasteiger partial charge in [0, 0.05) is 5.56 Å². The van der Waals surface area contributed by atoms with E-state index in [1.165, 1.54) is 13.2 Å². The second kappa shape index (κ2) is 7.04. The van der Waals surface area contributed by atoms with Crippen LogP contribution in [0.4, 0.5) is 5.69 Å². The highest BCUT2D eigenvalue weighted by Gasteiger charge is 2.09. The van der Waals surface area contributed by atoms with E-state index in [1.807, 2.05) is 0 Å². The number of aliphatic imine (C=N–C) groups is 1. The number of aliphatic hydroxyl groups excluding tert-OH is 1. The molecule has 2 rings (SSSR count). The fraction of sp³-hybridized carbons (Fsp3) is 0.125. The molecular formula is C16H12N2O4. The smallest absolute Gasteiger partial charge is 0.292 e. The lowest BCUT2D eigenvalue weighted by molar-refractivity contribution is 0.277. The van der Waals surface area contributed by atoms with E-state index in [0.717, 1.165) is 11.1 Å². The normalized spacial score (nSPS) is 9.50. The van der Waals surface area contributed by atoms with Gasteiger partial charge in [0.2, 0.25) is 6.08 Å². The molecule has 0 aliphatic carbocycles. The number of isocyanates is 1. The van der Waals surface area contributed by atoms with E-state index < -0.39 is 0 Å². The molecule has 2 aromatic rings. The van der Waals surface area contributed by atoms with Crippen molar-refractivity contribution >= 4 is 11.8 Å². The highest BCUT2D eigenvalue weighted by molar-refractivity contribution is 5.72. The van der Waals surface area contributed by atoms with Crippen LogP contribution in [0.15, 0.2) is 41.4 Å². The first-order chi connectivity index (χ1) is 10.7. The minimum Gasteiger partial charge on any atom is -0.494 e. The lowest BCUT2D eigenvalue weighted by Gasteiger charge is -2.10. The van der Waals surface area contributed by atoms with E-state index in [-0.39, 0.29) is 6.61 Å². The van der Waals surface area contributed by atoms with Crippen molar-refractivity contribution in [3.05, 3.63) is 42.0 Å². The predicted octanol–water partition coefficient (Wildman–Crippen LogP) is 2.68. The number of methoxy groups -OCH3 is 1. The van der Waals surface area contributed by atoms with E-state index in [2.05, 4.69) is 4.99 Å². The van der Waals surface area contributed by atoms with E-state index >= 15 is 0 Å². The maximum atomic E-state index is 10.4. The zero-order valence-corrected chi connectivity index (χ0v) is 11.7. The van der Waals surface area contributed by atoms with Crippen LogP contribution in [-0.2, 0) is 11.4 Å². The van der Waals surface area contributed by atoms with Crippen molar-refractivity contribution < 1.29 is 19.4 Å². The number of hydrogen-bond acceptors (Lipinski definition) is 6. The summed E-state index contributed by atoms with van der Waals surface area (Å²) in [5.74, 6) is 0.742. The molecule has 0 amide bonds. The minimum atomic E-state index is -0.254. The van der Waals surface area contributed by atoms with E-state index in [4.69, 9.17) is 14.7 Å². The number of carbonyl (C=O) groups excluding carboxylic acids is 1. The fourth-order valence-corrected chi connectivity index (χ4v) is 2.03. The Morgan fingerprint density at radius 2 is 1.91 bits per heavy atom. The molecule has 0 fully saturated rings. The summed E-state index contributed by atoms with van der Waals surface area (Å²) in [5, 5.41) is 17.9. The molecule has 6 heteroatoms. The Morgan fingerprint density at radius 1 is 1.18 bits per heavy atom. The van der Waals surface area contributed by atoms with Gasteiger partial charge < -0.3 is 14.6 Å².